The van der Waals surface area contributed by atoms with Gasteiger partial charge in [-0.05, 0) is 41.7 Å². The maximum absolute atomic E-state index is 10.9. The molecule has 1 atom stereocenters. The molecule has 2 heteroatoms. The minimum atomic E-state index is -0.683. The van der Waals surface area contributed by atoms with E-state index in [4.69, 9.17) is 5.11 Å². The number of carbonyl (C=O) groups is 1. The summed E-state index contributed by atoms with van der Waals surface area (Å²) >= 11 is 0. The number of hydrogen-bond donors (Lipinski definition) is 1. The molecule has 0 saturated heterocycles. The van der Waals surface area contributed by atoms with Crippen LogP contribution in [0.15, 0.2) is 24.3 Å². The summed E-state index contributed by atoms with van der Waals surface area (Å²) in [5.41, 5.74) is 2.51. The van der Waals surface area contributed by atoms with Crippen LogP contribution in [-0.2, 0) is 4.79 Å². The fourth-order valence-corrected chi connectivity index (χ4v) is 2.39. The quantitative estimate of drug-likeness (QED) is 0.838. The smallest absolute Gasteiger partial charge is 0.303 e. The van der Waals surface area contributed by atoms with Crippen LogP contribution in [0.25, 0.3) is 0 Å². The Morgan fingerprint density at radius 2 is 2.00 bits per heavy atom. The number of aliphatic carboxylic acids is 1. The molecule has 0 aromatic heterocycles. The van der Waals surface area contributed by atoms with Gasteiger partial charge in [0.25, 0.3) is 0 Å². The van der Waals surface area contributed by atoms with Gasteiger partial charge in [0.15, 0.2) is 0 Å². The zero-order valence-electron chi connectivity index (χ0n) is 10.5. The van der Waals surface area contributed by atoms with E-state index in [2.05, 4.69) is 38.1 Å². The summed E-state index contributed by atoms with van der Waals surface area (Å²) < 4.78 is 0. The lowest BCUT2D eigenvalue weighted by Crippen LogP contribution is -2.08. The van der Waals surface area contributed by atoms with Crippen molar-refractivity contribution in [2.45, 2.75) is 44.9 Å². The highest BCUT2D eigenvalue weighted by Crippen LogP contribution is 2.44. The van der Waals surface area contributed by atoms with E-state index in [1.807, 2.05) is 0 Å². The Balaban J connectivity index is 2.22. The average Bonchev–Trinajstić information content (AvgIpc) is 3.09. The molecule has 1 unspecified atom stereocenters. The minimum Gasteiger partial charge on any atom is -0.481 e. The zero-order valence-corrected chi connectivity index (χ0v) is 10.5. The van der Waals surface area contributed by atoms with Crippen LogP contribution in [0.2, 0.25) is 0 Å². The van der Waals surface area contributed by atoms with E-state index in [0.29, 0.717) is 11.8 Å². The largest absolute Gasteiger partial charge is 0.481 e. The summed E-state index contributed by atoms with van der Waals surface area (Å²) in [6, 6.07) is 8.45. The Kier molecular flexibility index (Phi) is 3.51. The molecule has 1 aliphatic rings. The summed E-state index contributed by atoms with van der Waals surface area (Å²) in [6.07, 6.45) is 2.64. The van der Waals surface area contributed by atoms with Crippen molar-refractivity contribution in [1.29, 1.82) is 0 Å². The molecule has 1 aliphatic carbocycles. The van der Waals surface area contributed by atoms with Gasteiger partial charge in [-0.15, -0.1) is 0 Å². The van der Waals surface area contributed by atoms with E-state index in [1.165, 1.54) is 24.0 Å². The second kappa shape index (κ2) is 4.91. The SMILES string of the molecule is CC(C)c1cccc(C(CC(=O)O)C2CC2)c1. The second-order valence-electron chi connectivity index (χ2n) is 5.37. The minimum absolute atomic E-state index is 0.214. The maximum Gasteiger partial charge on any atom is 0.303 e. The number of rotatable bonds is 5. The van der Waals surface area contributed by atoms with Gasteiger partial charge < -0.3 is 5.11 Å². The van der Waals surface area contributed by atoms with Crippen molar-refractivity contribution in [2.75, 3.05) is 0 Å². The standard InChI is InChI=1S/C15H20O2/c1-10(2)12-4-3-5-13(8-12)14(9-15(16)17)11-6-7-11/h3-5,8,10-11,14H,6-7,9H2,1-2H3,(H,16,17). The maximum atomic E-state index is 10.9. The van der Waals surface area contributed by atoms with E-state index in [0.717, 1.165) is 0 Å². The van der Waals surface area contributed by atoms with Gasteiger partial charge >= 0.3 is 5.97 Å². The zero-order chi connectivity index (χ0) is 12.4. The number of carboxylic acids is 1. The van der Waals surface area contributed by atoms with Crippen molar-refractivity contribution >= 4 is 5.97 Å². The first-order chi connectivity index (χ1) is 8.08. The highest BCUT2D eigenvalue weighted by atomic mass is 16.4. The first-order valence-corrected chi connectivity index (χ1v) is 6.39. The monoisotopic (exact) mass is 232 g/mol. The molecule has 1 aromatic carbocycles. The average molecular weight is 232 g/mol. The van der Waals surface area contributed by atoms with Crippen molar-refractivity contribution in [3.63, 3.8) is 0 Å². The third-order valence-electron chi connectivity index (χ3n) is 3.59. The lowest BCUT2D eigenvalue weighted by molar-refractivity contribution is -0.137. The predicted octanol–water partition coefficient (Wildman–Crippen LogP) is 3.78. The van der Waals surface area contributed by atoms with Crippen molar-refractivity contribution < 1.29 is 9.90 Å². The Bertz CT molecular complexity index is 405. The first kappa shape index (κ1) is 12.2. The van der Waals surface area contributed by atoms with Gasteiger partial charge in [-0.1, -0.05) is 38.1 Å². The van der Waals surface area contributed by atoms with Crippen molar-refractivity contribution in [1.82, 2.24) is 0 Å². The fourth-order valence-electron chi connectivity index (χ4n) is 2.39. The lowest BCUT2D eigenvalue weighted by Gasteiger charge is -2.16. The van der Waals surface area contributed by atoms with Crippen molar-refractivity contribution in [2.24, 2.45) is 5.92 Å². The summed E-state index contributed by atoms with van der Waals surface area (Å²) in [6.45, 7) is 4.34. The predicted molar refractivity (Wildman–Crippen MR) is 68.2 cm³/mol. The van der Waals surface area contributed by atoms with Crippen molar-refractivity contribution in [3.8, 4) is 0 Å². The molecule has 92 valence electrons. The van der Waals surface area contributed by atoms with Gasteiger partial charge in [0.2, 0.25) is 0 Å². The molecule has 0 aliphatic heterocycles. The fraction of sp³-hybridized carbons (Fsp3) is 0.533. The molecule has 0 heterocycles. The second-order valence-corrected chi connectivity index (χ2v) is 5.37. The normalized spacial score (nSPS) is 17.1. The molecule has 2 nitrogen and oxygen atoms in total. The van der Waals surface area contributed by atoms with Crippen LogP contribution in [0.4, 0.5) is 0 Å². The van der Waals surface area contributed by atoms with Crippen LogP contribution in [0.1, 0.15) is 56.1 Å². The Morgan fingerprint density at radius 3 is 2.53 bits per heavy atom. The van der Waals surface area contributed by atoms with E-state index in [1.54, 1.807) is 0 Å². The number of carboxylic acid groups (broad SMARTS) is 1. The molecule has 1 fully saturated rings. The Hall–Kier alpha value is -1.31. The van der Waals surface area contributed by atoms with Gasteiger partial charge in [0, 0.05) is 0 Å². The molecule has 1 saturated carbocycles. The third-order valence-corrected chi connectivity index (χ3v) is 3.59. The lowest BCUT2D eigenvalue weighted by atomic mass is 9.88. The van der Waals surface area contributed by atoms with Gasteiger partial charge in [0.05, 0.1) is 6.42 Å². The molecule has 2 rings (SSSR count). The number of benzene rings is 1. The Morgan fingerprint density at radius 1 is 1.35 bits per heavy atom. The van der Waals surface area contributed by atoms with Crippen LogP contribution < -0.4 is 0 Å². The molecule has 0 spiro atoms. The summed E-state index contributed by atoms with van der Waals surface area (Å²) in [5, 5.41) is 9.00. The highest BCUT2D eigenvalue weighted by Gasteiger charge is 2.33. The summed E-state index contributed by atoms with van der Waals surface area (Å²) in [5.74, 6) is 0.621. The van der Waals surface area contributed by atoms with E-state index in [-0.39, 0.29) is 12.3 Å². The molecule has 1 N–H and O–H groups in total. The summed E-state index contributed by atoms with van der Waals surface area (Å²) in [4.78, 5) is 10.9. The molecule has 0 bridgehead atoms. The van der Waals surface area contributed by atoms with Gasteiger partial charge in [-0.2, -0.15) is 0 Å². The van der Waals surface area contributed by atoms with Crippen LogP contribution in [0, 0.1) is 5.92 Å². The summed E-state index contributed by atoms with van der Waals surface area (Å²) in [7, 11) is 0. The molecule has 0 radical (unpaired) electrons. The van der Waals surface area contributed by atoms with Gasteiger partial charge in [-0.3, -0.25) is 4.79 Å². The van der Waals surface area contributed by atoms with E-state index >= 15 is 0 Å². The Labute approximate surface area is 103 Å². The van der Waals surface area contributed by atoms with Crippen LogP contribution in [0.5, 0.6) is 0 Å². The third kappa shape index (κ3) is 3.09. The molecule has 0 amide bonds. The van der Waals surface area contributed by atoms with E-state index in [9.17, 15) is 4.79 Å². The first-order valence-electron chi connectivity index (χ1n) is 6.39. The molecular formula is C15H20O2. The molecule has 17 heavy (non-hydrogen) atoms. The number of hydrogen-bond acceptors (Lipinski definition) is 1. The van der Waals surface area contributed by atoms with Crippen LogP contribution in [-0.4, -0.2) is 11.1 Å². The van der Waals surface area contributed by atoms with Gasteiger partial charge in [-0.25, -0.2) is 0 Å². The van der Waals surface area contributed by atoms with Crippen molar-refractivity contribution in [3.05, 3.63) is 35.4 Å². The van der Waals surface area contributed by atoms with E-state index < -0.39 is 5.97 Å². The highest BCUT2D eigenvalue weighted by molar-refractivity contribution is 5.68. The topological polar surface area (TPSA) is 37.3 Å². The molecule has 1 aromatic rings. The molecular weight excluding hydrogens is 212 g/mol. The van der Waals surface area contributed by atoms with Crippen LogP contribution >= 0.6 is 0 Å². The van der Waals surface area contributed by atoms with Gasteiger partial charge in [0.1, 0.15) is 0 Å². The van der Waals surface area contributed by atoms with Crippen LogP contribution in [0.3, 0.4) is 0 Å².